The number of guanidine groups is 1. The summed E-state index contributed by atoms with van der Waals surface area (Å²) < 4.78 is 0. The number of rotatable bonds is 14. The SMILES string of the molecule is CC(C)CC(NC(=O)C(CCCN=C(N)N)NC(=O)C(N)CCC(=O)O)C(=O)O. The average molecular weight is 416 g/mol. The molecule has 0 aliphatic carbocycles. The molecule has 0 saturated carbocycles. The third-order valence-corrected chi connectivity index (χ3v) is 3.91. The normalized spacial score (nSPS) is 13.8. The smallest absolute Gasteiger partial charge is 0.326 e. The maximum atomic E-state index is 12.6. The van der Waals surface area contributed by atoms with E-state index in [4.69, 9.17) is 22.3 Å². The van der Waals surface area contributed by atoms with Gasteiger partial charge in [0.05, 0.1) is 6.04 Å². The van der Waals surface area contributed by atoms with E-state index >= 15 is 0 Å². The molecule has 12 heteroatoms. The fraction of sp³-hybridized carbons (Fsp3) is 0.706. The molecule has 0 rings (SSSR count). The number of nitrogens with two attached hydrogens (primary N) is 3. The molecule has 0 fully saturated rings. The van der Waals surface area contributed by atoms with Crippen molar-refractivity contribution in [3.8, 4) is 0 Å². The van der Waals surface area contributed by atoms with E-state index in [-0.39, 0.29) is 44.1 Å². The van der Waals surface area contributed by atoms with Gasteiger partial charge in [-0.3, -0.25) is 19.4 Å². The fourth-order valence-corrected chi connectivity index (χ4v) is 2.43. The van der Waals surface area contributed by atoms with E-state index in [0.29, 0.717) is 6.42 Å². The van der Waals surface area contributed by atoms with Crippen molar-refractivity contribution in [3.05, 3.63) is 0 Å². The first-order valence-corrected chi connectivity index (χ1v) is 9.30. The van der Waals surface area contributed by atoms with Crippen LogP contribution < -0.4 is 27.8 Å². The molecular formula is C17H32N6O6. The van der Waals surface area contributed by atoms with Crippen LogP contribution >= 0.6 is 0 Å². The van der Waals surface area contributed by atoms with Gasteiger partial charge >= 0.3 is 11.9 Å². The van der Waals surface area contributed by atoms with Crippen LogP contribution in [0.1, 0.15) is 46.0 Å². The summed E-state index contributed by atoms with van der Waals surface area (Å²) in [6, 6.07) is -3.30. The largest absolute Gasteiger partial charge is 0.481 e. The molecule has 12 nitrogen and oxygen atoms in total. The van der Waals surface area contributed by atoms with Gasteiger partial charge < -0.3 is 38.0 Å². The van der Waals surface area contributed by atoms with Crippen molar-refractivity contribution < 1.29 is 29.4 Å². The molecular weight excluding hydrogens is 384 g/mol. The highest BCUT2D eigenvalue weighted by Gasteiger charge is 2.28. The highest BCUT2D eigenvalue weighted by Crippen LogP contribution is 2.07. The minimum absolute atomic E-state index is 0.0238. The van der Waals surface area contributed by atoms with Gasteiger partial charge in [0, 0.05) is 13.0 Å². The molecule has 0 bridgehead atoms. The number of carbonyl (C=O) groups is 4. The van der Waals surface area contributed by atoms with Gasteiger partial charge in [-0.05, 0) is 31.6 Å². The van der Waals surface area contributed by atoms with Crippen molar-refractivity contribution in [3.63, 3.8) is 0 Å². The van der Waals surface area contributed by atoms with E-state index in [1.54, 1.807) is 0 Å². The molecule has 0 aliphatic rings. The van der Waals surface area contributed by atoms with Crippen LogP contribution in [0.4, 0.5) is 0 Å². The van der Waals surface area contributed by atoms with Gasteiger partial charge in [0.1, 0.15) is 12.1 Å². The monoisotopic (exact) mass is 416 g/mol. The number of carbonyl (C=O) groups excluding carboxylic acids is 2. The molecule has 2 amide bonds. The minimum atomic E-state index is -1.18. The number of hydrogen-bond acceptors (Lipinski definition) is 6. The summed E-state index contributed by atoms with van der Waals surface area (Å²) in [4.78, 5) is 50.6. The molecule has 3 unspecified atom stereocenters. The predicted octanol–water partition coefficient (Wildman–Crippen LogP) is -1.67. The summed E-state index contributed by atoms with van der Waals surface area (Å²) in [5.74, 6) is -3.76. The van der Waals surface area contributed by atoms with Crippen molar-refractivity contribution in [2.75, 3.05) is 6.54 Å². The highest BCUT2D eigenvalue weighted by molar-refractivity contribution is 5.91. The number of aliphatic carboxylic acids is 2. The number of amides is 2. The number of carboxylic acids is 2. The number of nitrogens with one attached hydrogen (secondary N) is 2. The zero-order valence-corrected chi connectivity index (χ0v) is 16.8. The Hall–Kier alpha value is -2.89. The van der Waals surface area contributed by atoms with Gasteiger partial charge in [-0.1, -0.05) is 13.8 Å². The van der Waals surface area contributed by atoms with Crippen LogP contribution in [-0.2, 0) is 19.2 Å². The van der Waals surface area contributed by atoms with E-state index in [1.807, 2.05) is 13.8 Å². The predicted molar refractivity (Wildman–Crippen MR) is 106 cm³/mol. The number of aliphatic imine (C=N–C) groups is 1. The van der Waals surface area contributed by atoms with Gasteiger partial charge in [0.2, 0.25) is 11.8 Å². The molecule has 0 aromatic rings. The van der Waals surface area contributed by atoms with Crippen LogP contribution in [0.5, 0.6) is 0 Å². The number of carboxylic acid groups (broad SMARTS) is 2. The second-order valence-electron chi connectivity index (χ2n) is 7.08. The zero-order valence-electron chi connectivity index (χ0n) is 16.8. The summed E-state index contributed by atoms with van der Waals surface area (Å²) in [7, 11) is 0. The summed E-state index contributed by atoms with van der Waals surface area (Å²) in [6.07, 6.45) is 0.282. The molecule has 0 spiro atoms. The van der Waals surface area contributed by atoms with Gasteiger partial charge in [0.15, 0.2) is 5.96 Å². The minimum Gasteiger partial charge on any atom is -0.481 e. The lowest BCUT2D eigenvalue weighted by Gasteiger charge is -2.23. The third-order valence-electron chi connectivity index (χ3n) is 3.91. The Morgan fingerprint density at radius 2 is 1.55 bits per heavy atom. The molecule has 0 heterocycles. The van der Waals surface area contributed by atoms with Crippen LogP contribution in [-0.4, -0.2) is 64.6 Å². The Labute approximate surface area is 169 Å². The molecule has 0 aromatic carbocycles. The van der Waals surface area contributed by atoms with E-state index < -0.39 is 41.9 Å². The lowest BCUT2D eigenvalue weighted by molar-refractivity contribution is -0.142. The topological polar surface area (TPSA) is 223 Å². The van der Waals surface area contributed by atoms with Gasteiger partial charge in [-0.15, -0.1) is 0 Å². The Kier molecular flexibility index (Phi) is 12.0. The Morgan fingerprint density at radius 1 is 0.966 bits per heavy atom. The van der Waals surface area contributed by atoms with Crippen molar-refractivity contribution in [2.24, 2.45) is 28.1 Å². The average Bonchev–Trinajstić information content (AvgIpc) is 2.60. The summed E-state index contributed by atoms with van der Waals surface area (Å²) in [6.45, 7) is 3.84. The summed E-state index contributed by atoms with van der Waals surface area (Å²) in [5, 5.41) is 22.9. The van der Waals surface area contributed by atoms with E-state index in [1.165, 1.54) is 0 Å². The quantitative estimate of drug-likeness (QED) is 0.0975. The van der Waals surface area contributed by atoms with Crippen molar-refractivity contribution in [2.45, 2.75) is 64.1 Å². The molecule has 10 N–H and O–H groups in total. The fourth-order valence-electron chi connectivity index (χ4n) is 2.43. The summed E-state index contributed by atoms with van der Waals surface area (Å²) in [5.41, 5.74) is 16.2. The first kappa shape index (κ1) is 26.1. The lowest BCUT2D eigenvalue weighted by Crippen LogP contribution is -2.54. The second kappa shape index (κ2) is 13.3. The molecule has 29 heavy (non-hydrogen) atoms. The number of nitrogens with zero attached hydrogens (tertiary/aromatic N) is 1. The Morgan fingerprint density at radius 3 is 2.03 bits per heavy atom. The van der Waals surface area contributed by atoms with Gasteiger partial charge in [-0.25, -0.2) is 4.79 Å². The maximum Gasteiger partial charge on any atom is 0.326 e. The summed E-state index contributed by atoms with van der Waals surface area (Å²) >= 11 is 0. The third kappa shape index (κ3) is 12.2. The maximum absolute atomic E-state index is 12.6. The molecule has 166 valence electrons. The lowest BCUT2D eigenvalue weighted by atomic mass is 10.0. The van der Waals surface area contributed by atoms with Crippen LogP contribution in [0.3, 0.4) is 0 Å². The van der Waals surface area contributed by atoms with Crippen LogP contribution in [0, 0.1) is 5.92 Å². The van der Waals surface area contributed by atoms with Crippen LogP contribution in [0.25, 0.3) is 0 Å². The van der Waals surface area contributed by atoms with E-state index in [0.717, 1.165) is 0 Å². The van der Waals surface area contributed by atoms with Crippen molar-refractivity contribution >= 4 is 29.7 Å². The van der Waals surface area contributed by atoms with Crippen LogP contribution in [0.15, 0.2) is 4.99 Å². The standard InChI is InChI=1S/C17H32N6O6/c1-9(2)8-12(16(28)29)23-15(27)11(4-3-7-21-17(19)20)22-14(26)10(18)5-6-13(24)25/h9-12H,3-8,18H2,1-2H3,(H,22,26)(H,23,27)(H,24,25)(H,28,29)(H4,19,20,21). The first-order valence-electron chi connectivity index (χ1n) is 9.30. The van der Waals surface area contributed by atoms with E-state index in [2.05, 4.69) is 15.6 Å². The molecule has 0 saturated heterocycles. The van der Waals surface area contributed by atoms with Crippen LogP contribution in [0.2, 0.25) is 0 Å². The van der Waals surface area contributed by atoms with Gasteiger partial charge in [0.25, 0.3) is 0 Å². The first-order chi connectivity index (χ1) is 13.4. The van der Waals surface area contributed by atoms with Gasteiger partial charge in [-0.2, -0.15) is 0 Å². The Bertz CT molecular complexity index is 605. The van der Waals surface area contributed by atoms with Crippen molar-refractivity contribution in [1.29, 1.82) is 0 Å². The molecule has 0 aliphatic heterocycles. The highest BCUT2D eigenvalue weighted by atomic mass is 16.4. The van der Waals surface area contributed by atoms with E-state index in [9.17, 15) is 24.3 Å². The number of hydrogen-bond donors (Lipinski definition) is 7. The van der Waals surface area contributed by atoms with Crippen molar-refractivity contribution in [1.82, 2.24) is 10.6 Å². The molecule has 3 atom stereocenters. The zero-order chi connectivity index (χ0) is 22.6. The molecule has 0 radical (unpaired) electrons. The Balaban J connectivity index is 5.11. The molecule has 0 aromatic heterocycles. The second-order valence-corrected chi connectivity index (χ2v) is 7.08.